The van der Waals surface area contributed by atoms with Crippen LogP contribution in [0.3, 0.4) is 0 Å². The van der Waals surface area contributed by atoms with Crippen LogP contribution in [0.25, 0.3) is 11.0 Å². The van der Waals surface area contributed by atoms with Crippen LogP contribution in [0.15, 0.2) is 24.3 Å². The van der Waals surface area contributed by atoms with Crippen LogP contribution in [-0.2, 0) is 25.9 Å². The Morgan fingerprint density at radius 1 is 1.33 bits per heavy atom. The molecule has 1 heterocycles. The molecule has 0 bridgehead atoms. The van der Waals surface area contributed by atoms with Crippen molar-refractivity contribution in [2.24, 2.45) is 0 Å². The van der Waals surface area contributed by atoms with E-state index in [0.29, 0.717) is 0 Å². The Hall–Kier alpha value is -0.687. The predicted octanol–water partition coefficient (Wildman–Crippen LogP) is 2.12. The monoisotopic (exact) mass is 210 g/mol. The van der Waals surface area contributed by atoms with Gasteiger partial charge >= 0.3 is 0 Å². The van der Waals surface area contributed by atoms with E-state index in [9.17, 15) is 0 Å². The van der Waals surface area contributed by atoms with E-state index >= 15 is 0 Å². The van der Waals surface area contributed by atoms with Crippen LogP contribution in [0.2, 0.25) is 0 Å². The Kier molecular flexibility index (Phi) is 2.99. The molecule has 0 saturated heterocycles. The summed E-state index contributed by atoms with van der Waals surface area (Å²) in [6.07, 6.45) is 0.967. The third-order valence-corrected chi connectivity index (χ3v) is 1.77. The van der Waals surface area contributed by atoms with Crippen LogP contribution >= 0.6 is 0 Å². The summed E-state index contributed by atoms with van der Waals surface area (Å²) in [5.41, 5.74) is 2.19. The number of benzene rings is 1. The molecular formula is C9H10N2Zn. The molecule has 58 valence electrons. The molecule has 2 aromatic rings. The Morgan fingerprint density at radius 2 is 2.08 bits per heavy atom. The first-order valence-corrected chi connectivity index (χ1v) is 3.84. The molecule has 3 heteroatoms. The van der Waals surface area contributed by atoms with Crippen LogP contribution in [0.4, 0.5) is 0 Å². The second kappa shape index (κ2) is 3.81. The summed E-state index contributed by atoms with van der Waals surface area (Å²) in [4.78, 5) is 7.61. The van der Waals surface area contributed by atoms with Gasteiger partial charge in [-0.1, -0.05) is 19.1 Å². The number of rotatable bonds is 1. The van der Waals surface area contributed by atoms with Gasteiger partial charge in [-0.3, -0.25) is 0 Å². The second-order valence-electron chi connectivity index (χ2n) is 2.55. The zero-order valence-electron chi connectivity index (χ0n) is 7.17. The van der Waals surface area contributed by atoms with E-state index in [1.54, 1.807) is 0 Å². The molecule has 2 rings (SSSR count). The van der Waals surface area contributed by atoms with Gasteiger partial charge < -0.3 is 4.98 Å². The van der Waals surface area contributed by atoms with E-state index in [1.807, 2.05) is 24.3 Å². The molecule has 12 heavy (non-hydrogen) atoms. The third-order valence-electron chi connectivity index (χ3n) is 1.77. The first-order chi connectivity index (χ1) is 5.40. The van der Waals surface area contributed by atoms with E-state index in [4.69, 9.17) is 0 Å². The number of fused-ring (bicyclic) bond motifs is 1. The van der Waals surface area contributed by atoms with Gasteiger partial charge in [-0.25, -0.2) is 4.98 Å². The Balaban J connectivity index is 0.000000720. The summed E-state index contributed by atoms with van der Waals surface area (Å²) in [5, 5.41) is 0. The van der Waals surface area contributed by atoms with Gasteiger partial charge in [0.15, 0.2) is 0 Å². The number of aryl methyl sites for hydroxylation is 1. The number of nitrogens with zero attached hydrogens (tertiary/aromatic N) is 1. The molecule has 1 N–H and O–H groups in total. The standard InChI is InChI=1S/C9H10N2.Zn/c1-2-9-10-7-5-3-4-6-8(7)11-9;/h3-6H,2H2,1H3,(H,10,11);. The maximum absolute atomic E-state index is 4.38. The zero-order valence-corrected chi connectivity index (χ0v) is 10.1. The van der Waals surface area contributed by atoms with E-state index < -0.39 is 0 Å². The van der Waals surface area contributed by atoms with Crippen molar-refractivity contribution in [3.05, 3.63) is 30.1 Å². The minimum atomic E-state index is 0. The molecule has 0 amide bonds. The number of aromatic amines is 1. The summed E-state index contributed by atoms with van der Waals surface area (Å²) in [5.74, 6) is 1.06. The minimum absolute atomic E-state index is 0. The Bertz CT molecular complexity index is 334. The van der Waals surface area contributed by atoms with Gasteiger partial charge in [0.2, 0.25) is 0 Å². The van der Waals surface area contributed by atoms with Gasteiger partial charge in [0.1, 0.15) is 5.82 Å². The first kappa shape index (κ1) is 9.40. The largest absolute Gasteiger partial charge is 0.342 e. The van der Waals surface area contributed by atoms with Gasteiger partial charge in [-0.05, 0) is 12.1 Å². The third kappa shape index (κ3) is 1.56. The number of hydrogen-bond donors (Lipinski definition) is 1. The smallest absolute Gasteiger partial charge is 0.106 e. The summed E-state index contributed by atoms with van der Waals surface area (Å²) >= 11 is 0. The number of para-hydroxylation sites is 2. The van der Waals surface area contributed by atoms with Crippen LogP contribution in [-0.4, -0.2) is 9.97 Å². The van der Waals surface area contributed by atoms with Crippen LogP contribution in [0, 0.1) is 0 Å². The minimum Gasteiger partial charge on any atom is -0.342 e. The van der Waals surface area contributed by atoms with Crippen molar-refractivity contribution < 1.29 is 19.5 Å². The number of nitrogens with one attached hydrogen (secondary N) is 1. The average Bonchev–Trinajstić information content (AvgIpc) is 2.46. The maximum atomic E-state index is 4.38. The first-order valence-electron chi connectivity index (χ1n) is 3.84. The maximum Gasteiger partial charge on any atom is 0.106 e. The SMILES string of the molecule is CCc1nc2ccccc2[nH]1.[Zn]. The van der Waals surface area contributed by atoms with Crippen LogP contribution in [0.1, 0.15) is 12.7 Å². The molecule has 0 spiro atoms. The summed E-state index contributed by atoms with van der Waals surface area (Å²) in [7, 11) is 0. The number of imidazole rings is 1. The molecular weight excluding hydrogens is 202 g/mol. The van der Waals surface area contributed by atoms with E-state index in [-0.39, 0.29) is 19.5 Å². The van der Waals surface area contributed by atoms with Crippen molar-refractivity contribution in [2.45, 2.75) is 13.3 Å². The van der Waals surface area contributed by atoms with Crippen molar-refractivity contribution >= 4 is 11.0 Å². The van der Waals surface area contributed by atoms with E-state index in [0.717, 1.165) is 23.3 Å². The molecule has 1 aromatic heterocycles. The molecule has 0 aliphatic heterocycles. The van der Waals surface area contributed by atoms with E-state index in [2.05, 4.69) is 16.9 Å². The van der Waals surface area contributed by atoms with Crippen molar-refractivity contribution in [1.29, 1.82) is 0 Å². The van der Waals surface area contributed by atoms with Gasteiger partial charge in [-0.15, -0.1) is 0 Å². The molecule has 0 aliphatic rings. The van der Waals surface area contributed by atoms with Crippen molar-refractivity contribution in [2.75, 3.05) is 0 Å². The normalized spacial score (nSPS) is 9.75. The molecule has 0 aliphatic carbocycles. The number of hydrogen-bond acceptors (Lipinski definition) is 1. The van der Waals surface area contributed by atoms with Crippen molar-refractivity contribution in [3.8, 4) is 0 Å². The number of H-pyrrole nitrogens is 1. The zero-order chi connectivity index (χ0) is 7.68. The number of aromatic nitrogens is 2. The molecule has 0 unspecified atom stereocenters. The molecule has 2 nitrogen and oxygen atoms in total. The van der Waals surface area contributed by atoms with Crippen LogP contribution in [0.5, 0.6) is 0 Å². The molecule has 0 atom stereocenters. The quantitative estimate of drug-likeness (QED) is 0.720. The fraction of sp³-hybridized carbons (Fsp3) is 0.222. The fourth-order valence-electron chi connectivity index (χ4n) is 1.17. The van der Waals surface area contributed by atoms with Gasteiger partial charge in [0, 0.05) is 25.9 Å². The Morgan fingerprint density at radius 3 is 2.75 bits per heavy atom. The van der Waals surface area contributed by atoms with Crippen molar-refractivity contribution in [1.82, 2.24) is 9.97 Å². The summed E-state index contributed by atoms with van der Waals surface area (Å²) in [6, 6.07) is 8.08. The summed E-state index contributed by atoms with van der Waals surface area (Å²) < 4.78 is 0. The Labute approximate surface area is 84.2 Å². The molecule has 0 fully saturated rings. The second-order valence-corrected chi connectivity index (χ2v) is 2.55. The average molecular weight is 212 g/mol. The van der Waals surface area contributed by atoms with Crippen LogP contribution < -0.4 is 0 Å². The predicted molar refractivity (Wildman–Crippen MR) is 45.5 cm³/mol. The fourth-order valence-corrected chi connectivity index (χ4v) is 1.17. The molecule has 0 radical (unpaired) electrons. The molecule has 0 saturated carbocycles. The topological polar surface area (TPSA) is 28.7 Å². The van der Waals surface area contributed by atoms with Gasteiger partial charge in [0.25, 0.3) is 0 Å². The summed E-state index contributed by atoms with van der Waals surface area (Å²) in [6.45, 7) is 2.09. The molecule has 1 aromatic carbocycles. The van der Waals surface area contributed by atoms with Gasteiger partial charge in [0.05, 0.1) is 11.0 Å². The van der Waals surface area contributed by atoms with Crippen molar-refractivity contribution in [3.63, 3.8) is 0 Å². The van der Waals surface area contributed by atoms with E-state index in [1.165, 1.54) is 0 Å². The van der Waals surface area contributed by atoms with Gasteiger partial charge in [-0.2, -0.15) is 0 Å².